The van der Waals surface area contributed by atoms with Gasteiger partial charge in [-0.15, -0.1) is 0 Å². The Morgan fingerprint density at radius 3 is 2.73 bits per heavy atom. The van der Waals surface area contributed by atoms with Gasteiger partial charge in [0.15, 0.2) is 0 Å². The van der Waals surface area contributed by atoms with Gasteiger partial charge in [0, 0.05) is 19.2 Å². The van der Waals surface area contributed by atoms with Crippen LogP contribution in [0.15, 0.2) is 0 Å². The molecule has 2 N–H and O–H groups in total. The Balaban J connectivity index is 1.79. The zero-order valence-corrected chi connectivity index (χ0v) is 9.82. The highest BCUT2D eigenvalue weighted by atomic mass is 16.5. The first-order valence-corrected chi connectivity index (χ1v) is 6.29. The van der Waals surface area contributed by atoms with Crippen LogP contribution < -0.4 is 5.73 Å². The van der Waals surface area contributed by atoms with Gasteiger partial charge in [0.05, 0.1) is 6.61 Å². The standard InChI is InChI=1S/C12H24N2O/c1-14(12-5-6-15-9-12)8-11-4-2-3-10(11)7-13/h10-12H,2-9,13H2,1H3. The maximum atomic E-state index is 5.81. The van der Waals surface area contributed by atoms with Crippen molar-refractivity contribution in [1.82, 2.24) is 4.90 Å². The first kappa shape index (κ1) is 11.4. The summed E-state index contributed by atoms with van der Waals surface area (Å²) < 4.78 is 5.43. The summed E-state index contributed by atoms with van der Waals surface area (Å²) >= 11 is 0. The Kier molecular flexibility index (Phi) is 4.00. The van der Waals surface area contributed by atoms with Crippen molar-refractivity contribution < 1.29 is 4.74 Å². The molecule has 2 aliphatic rings. The number of rotatable bonds is 4. The predicted octanol–water partition coefficient (Wildman–Crippen LogP) is 1.08. The molecule has 3 unspecified atom stereocenters. The SMILES string of the molecule is CN(CC1CCCC1CN)C1CCOC1. The largest absolute Gasteiger partial charge is 0.380 e. The molecule has 0 spiro atoms. The summed E-state index contributed by atoms with van der Waals surface area (Å²) in [6.45, 7) is 3.96. The van der Waals surface area contributed by atoms with E-state index in [0.717, 1.165) is 31.6 Å². The van der Waals surface area contributed by atoms with E-state index in [-0.39, 0.29) is 0 Å². The molecule has 15 heavy (non-hydrogen) atoms. The van der Waals surface area contributed by atoms with Crippen molar-refractivity contribution in [3.63, 3.8) is 0 Å². The molecule has 0 bridgehead atoms. The molecular weight excluding hydrogens is 188 g/mol. The van der Waals surface area contributed by atoms with E-state index in [4.69, 9.17) is 10.5 Å². The fraction of sp³-hybridized carbons (Fsp3) is 1.00. The normalized spacial score (nSPS) is 36.6. The molecule has 2 fully saturated rings. The topological polar surface area (TPSA) is 38.5 Å². The lowest BCUT2D eigenvalue weighted by atomic mass is 9.95. The molecule has 0 aromatic heterocycles. The highest BCUT2D eigenvalue weighted by molar-refractivity contribution is 4.82. The third-order valence-corrected chi connectivity index (χ3v) is 4.17. The molecule has 0 amide bonds. The Bertz CT molecular complexity index is 192. The first-order valence-electron chi connectivity index (χ1n) is 6.29. The van der Waals surface area contributed by atoms with Gasteiger partial charge in [0.25, 0.3) is 0 Å². The number of likely N-dealkylation sites (N-methyl/N-ethyl adjacent to an activating group) is 1. The van der Waals surface area contributed by atoms with E-state index >= 15 is 0 Å². The second-order valence-corrected chi connectivity index (χ2v) is 5.14. The van der Waals surface area contributed by atoms with E-state index < -0.39 is 0 Å². The molecular formula is C12H24N2O. The second kappa shape index (κ2) is 5.28. The molecule has 0 aromatic carbocycles. The zero-order chi connectivity index (χ0) is 10.7. The molecule has 1 saturated heterocycles. The number of ether oxygens (including phenoxy) is 1. The number of hydrogen-bond donors (Lipinski definition) is 1. The summed E-state index contributed by atoms with van der Waals surface area (Å²) in [7, 11) is 2.24. The lowest BCUT2D eigenvalue weighted by Crippen LogP contribution is -2.37. The van der Waals surface area contributed by atoms with Gasteiger partial charge in [-0.3, -0.25) is 0 Å². The minimum atomic E-state index is 0.657. The van der Waals surface area contributed by atoms with Gasteiger partial charge in [-0.25, -0.2) is 0 Å². The van der Waals surface area contributed by atoms with Crippen LogP contribution in [0.3, 0.4) is 0 Å². The van der Waals surface area contributed by atoms with Gasteiger partial charge < -0.3 is 15.4 Å². The molecule has 3 heteroatoms. The molecule has 1 aliphatic carbocycles. The smallest absolute Gasteiger partial charge is 0.0622 e. The Morgan fingerprint density at radius 1 is 1.27 bits per heavy atom. The Labute approximate surface area is 93.0 Å². The van der Waals surface area contributed by atoms with Crippen molar-refractivity contribution in [2.45, 2.75) is 31.7 Å². The summed E-state index contributed by atoms with van der Waals surface area (Å²) in [5.41, 5.74) is 5.81. The quantitative estimate of drug-likeness (QED) is 0.758. The molecule has 3 nitrogen and oxygen atoms in total. The summed E-state index contributed by atoms with van der Waals surface area (Å²) in [6, 6.07) is 0.657. The van der Waals surface area contributed by atoms with Gasteiger partial charge in [-0.2, -0.15) is 0 Å². The fourth-order valence-corrected chi connectivity index (χ4v) is 3.05. The number of nitrogens with zero attached hydrogens (tertiary/aromatic N) is 1. The van der Waals surface area contributed by atoms with Gasteiger partial charge in [-0.05, 0) is 44.7 Å². The number of hydrogen-bond acceptors (Lipinski definition) is 3. The summed E-state index contributed by atoms with van der Waals surface area (Å²) in [5, 5.41) is 0. The van der Waals surface area contributed by atoms with Gasteiger partial charge >= 0.3 is 0 Å². The average Bonchev–Trinajstić information content (AvgIpc) is 2.87. The van der Waals surface area contributed by atoms with E-state index in [9.17, 15) is 0 Å². The minimum Gasteiger partial charge on any atom is -0.380 e. The van der Waals surface area contributed by atoms with Crippen LogP contribution in [0.25, 0.3) is 0 Å². The lowest BCUT2D eigenvalue weighted by molar-refractivity contribution is 0.143. The van der Waals surface area contributed by atoms with Crippen molar-refractivity contribution in [2.24, 2.45) is 17.6 Å². The summed E-state index contributed by atoms with van der Waals surface area (Å²) in [4.78, 5) is 2.49. The highest BCUT2D eigenvalue weighted by Crippen LogP contribution is 2.32. The van der Waals surface area contributed by atoms with Crippen LogP contribution in [0.2, 0.25) is 0 Å². The van der Waals surface area contributed by atoms with Crippen LogP contribution in [0, 0.1) is 11.8 Å². The monoisotopic (exact) mass is 212 g/mol. The van der Waals surface area contributed by atoms with Crippen LogP contribution in [0.4, 0.5) is 0 Å². The molecule has 3 atom stereocenters. The predicted molar refractivity (Wildman–Crippen MR) is 61.7 cm³/mol. The molecule has 0 radical (unpaired) electrons. The third kappa shape index (κ3) is 2.71. The summed E-state index contributed by atoms with van der Waals surface area (Å²) in [5.74, 6) is 1.61. The van der Waals surface area contributed by atoms with Crippen LogP contribution >= 0.6 is 0 Å². The van der Waals surface area contributed by atoms with E-state index in [2.05, 4.69) is 11.9 Å². The first-order chi connectivity index (χ1) is 7.31. The molecule has 0 aromatic rings. The minimum absolute atomic E-state index is 0.657. The zero-order valence-electron chi connectivity index (χ0n) is 9.82. The van der Waals surface area contributed by atoms with Crippen molar-refractivity contribution in [3.05, 3.63) is 0 Å². The maximum absolute atomic E-state index is 5.81. The van der Waals surface area contributed by atoms with Crippen molar-refractivity contribution >= 4 is 0 Å². The highest BCUT2D eigenvalue weighted by Gasteiger charge is 2.29. The van der Waals surface area contributed by atoms with Crippen LogP contribution in [-0.4, -0.2) is 44.3 Å². The van der Waals surface area contributed by atoms with Gasteiger partial charge in [0.2, 0.25) is 0 Å². The van der Waals surface area contributed by atoms with E-state index in [1.807, 2.05) is 0 Å². The molecule has 1 aliphatic heterocycles. The molecule has 1 heterocycles. The van der Waals surface area contributed by atoms with E-state index in [0.29, 0.717) is 6.04 Å². The molecule has 88 valence electrons. The number of nitrogens with two attached hydrogens (primary N) is 1. The van der Waals surface area contributed by atoms with Crippen molar-refractivity contribution in [1.29, 1.82) is 0 Å². The van der Waals surface area contributed by atoms with E-state index in [1.54, 1.807) is 0 Å². The second-order valence-electron chi connectivity index (χ2n) is 5.14. The average molecular weight is 212 g/mol. The van der Waals surface area contributed by atoms with Gasteiger partial charge in [0.1, 0.15) is 0 Å². The molecule has 2 rings (SSSR count). The third-order valence-electron chi connectivity index (χ3n) is 4.17. The van der Waals surface area contributed by atoms with Crippen LogP contribution in [0.1, 0.15) is 25.7 Å². The van der Waals surface area contributed by atoms with Crippen LogP contribution in [0.5, 0.6) is 0 Å². The van der Waals surface area contributed by atoms with Gasteiger partial charge in [-0.1, -0.05) is 6.42 Å². The van der Waals surface area contributed by atoms with Crippen LogP contribution in [-0.2, 0) is 4.74 Å². The fourth-order valence-electron chi connectivity index (χ4n) is 3.05. The molecule has 1 saturated carbocycles. The van der Waals surface area contributed by atoms with Crippen molar-refractivity contribution in [2.75, 3.05) is 33.4 Å². The maximum Gasteiger partial charge on any atom is 0.0622 e. The van der Waals surface area contributed by atoms with Crippen molar-refractivity contribution in [3.8, 4) is 0 Å². The lowest BCUT2D eigenvalue weighted by Gasteiger charge is -2.28. The Hall–Kier alpha value is -0.120. The van der Waals surface area contributed by atoms with E-state index in [1.165, 1.54) is 32.2 Å². The Morgan fingerprint density at radius 2 is 2.07 bits per heavy atom. The summed E-state index contributed by atoms with van der Waals surface area (Å²) in [6.07, 6.45) is 5.30.